The van der Waals surface area contributed by atoms with Crippen molar-refractivity contribution in [1.82, 2.24) is 4.98 Å². The highest BCUT2D eigenvalue weighted by atomic mass is 35.5. The first-order valence-corrected chi connectivity index (χ1v) is 6.28. The number of nitrogens with one attached hydrogen (secondary N) is 1. The Bertz CT molecular complexity index is 676. The monoisotopic (exact) mass is 309 g/mol. The zero-order chi connectivity index (χ0) is 14.7. The third kappa shape index (κ3) is 3.28. The summed E-state index contributed by atoms with van der Waals surface area (Å²) < 4.78 is 13.4. The number of halogens is 2. The zero-order valence-corrected chi connectivity index (χ0v) is 11.6. The highest BCUT2D eigenvalue weighted by Gasteiger charge is 2.10. The maximum absolute atomic E-state index is 13.4. The van der Waals surface area contributed by atoms with Crippen LogP contribution in [0.25, 0.3) is 0 Å². The molecule has 0 aliphatic carbocycles. The summed E-state index contributed by atoms with van der Waals surface area (Å²) >= 11 is 10.4. The Balaban J connectivity index is 2.21. The number of benzene rings is 1. The van der Waals surface area contributed by atoms with Crippen molar-refractivity contribution in [3.63, 3.8) is 0 Å². The molecule has 0 spiro atoms. The molecule has 1 aromatic heterocycles. The van der Waals surface area contributed by atoms with Crippen LogP contribution in [0.5, 0.6) is 0 Å². The van der Waals surface area contributed by atoms with Crippen LogP contribution in [0.3, 0.4) is 0 Å². The molecule has 1 heterocycles. The second kappa shape index (κ2) is 5.94. The molecular weight excluding hydrogens is 301 g/mol. The average Bonchev–Trinajstić information content (AvgIpc) is 2.41. The number of carbonyl (C=O) groups excluding carboxylic acids is 1. The number of hydrogen-bond donors (Lipinski definition) is 2. The predicted molar refractivity (Wildman–Crippen MR) is 79.5 cm³/mol. The van der Waals surface area contributed by atoms with Crippen molar-refractivity contribution in [1.29, 1.82) is 0 Å². The number of nitrogens with zero attached hydrogens (tertiary/aromatic N) is 1. The van der Waals surface area contributed by atoms with Crippen molar-refractivity contribution < 1.29 is 9.18 Å². The van der Waals surface area contributed by atoms with Gasteiger partial charge in [-0.05, 0) is 30.3 Å². The molecule has 0 radical (unpaired) electrons. The number of pyridine rings is 1. The average molecular weight is 310 g/mol. The van der Waals surface area contributed by atoms with E-state index in [1.54, 1.807) is 6.07 Å². The van der Waals surface area contributed by atoms with E-state index in [-0.39, 0.29) is 16.2 Å². The van der Waals surface area contributed by atoms with Gasteiger partial charge in [0.1, 0.15) is 16.5 Å². The molecule has 0 saturated heterocycles. The third-order valence-electron chi connectivity index (χ3n) is 2.45. The maximum Gasteiger partial charge on any atom is 0.274 e. The van der Waals surface area contributed by atoms with Crippen LogP contribution in [-0.4, -0.2) is 15.9 Å². The van der Waals surface area contributed by atoms with Gasteiger partial charge < -0.3 is 11.1 Å². The van der Waals surface area contributed by atoms with Gasteiger partial charge in [-0.1, -0.05) is 23.8 Å². The molecule has 102 valence electrons. The SMILES string of the molecule is NC(=S)c1cc(NC(=O)c2ccc(Cl)cn2)ccc1F. The van der Waals surface area contributed by atoms with Gasteiger partial charge >= 0.3 is 0 Å². The minimum Gasteiger partial charge on any atom is -0.389 e. The van der Waals surface area contributed by atoms with E-state index in [9.17, 15) is 9.18 Å². The van der Waals surface area contributed by atoms with E-state index in [1.807, 2.05) is 0 Å². The van der Waals surface area contributed by atoms with Gasteiger partial charge in [-0.15, -0.1) is 0 Å². The third-order valence-corrected chi connectivity index (χ3v) is 2.89. The van der Waals surface area contributed by atoms with Gasteiger partial charge in [0.05, 0.1) is 5.02 Å². The predicted octanol–water partition coefficient (Wildman–Crippen LogP) is 2.76. The van der Waals surface area contributed by atoms with Gasteiger partial charge in [0.2, 0.25) is 0 Å². The van der Waals surface area contributed by atoms with Crippen LogP contribution in [0.4, 0.5) is 10.1 Å². The summed E-state index contributed by atoms with van der Waals surface area (Å²) in [6.45, 7) is 0. The molecule has 0 saturated carbocycles. The fourth-order valence-electron chi connectivity index (χ4n) is 1.50. The Morgan fingerprint density at radius 1 is 1.35 bits per heavy atom. The van der Waals surface area contributed by atoms with E-state index in [0.717, 1.165) is 0 Å². The van der Waals surface area contributed by atoms with Crippen molar-refractivity contribution in [2.75, 3.05) is 5.32 Å². The topological polar surface area (TPSA) is 68.0 Å². The van der Waals surface area contributed by atoms with E-state index in [1.165, 1.54) is 30.5 Å². The van der Waals surface area contributed by atoms with Crippen LogP contribution < -0.4 is 11.1 Å². The molecule has 0 unspecified atom stereocenters. The first kappa shape index (κ1) is 14.4. The van der Waals surface area contributed by atoms with Crippen molar-refractivity contribution in [3.8, 4) is 0 Å². The summed E-state index contributed by atoms with van der Waals surface area (Å²) in [5, 5.41) is 3.00. The lowest BCUT2D eigenvalue weighted by Gasteiger charge is -2.07. The van der Waals surface area contributed by atoms with Gasteiger partial charge in [0.15, 0.2) is 0 Å². The first-order chi connectivity index (χ1) is 9.47. The minimum atomic E-state index is -0.542. The Hall–Kier alpha value is -2.05. The van der Waals surface area contributed by atoms with Crippen LogP contribution in [0.1, 0.15) is 16.1 Å². The minimum absolute atomic E-state index is 0.0712. The summed E-state index contributed by atoms with van der Waals surface area (Å²) in [4.78, 5) is 15.7. The number of aromatic nitrogens is 1. The highest BCUT2D eigenvalue weighted by molar-refractivity contribution is 7.80. The second-order valence-electron chi connectivity index (χ2n) is 3.87. The summed E-state index contributed by atoms with van der Waals surface area (Å²) in [7, 11) is 0. The second-order valence-corrected chi connectivity index (χ2v) is 4.75. The molecule has 0 aliphatic heterocycles. The van der Waals surface area contributed by atoms with Crippen molar-refractivity contribution in [2.45, 2.75) is 0 Å². The van der Waals surface area contributed by atoms with Gasteiger partial charge in [0, 0.05) is 17.4 Å². The van der Waals surface area contributed by atoms with E-state index in [0.29, 0.717) is 10.7 Å². The Labute approximate surface area is 124 Å². The van der Waals surface area contributed by atoms with Crippen LogP contribution in [0, 0.1) is 5.82 Å². The van der Waals surface area contributed by atoms with Gasteiger partial charge in [-0.25, -0.2) is 9.37 Å². The number of hydrogen-bond acceptors (Lipinski definition) is 3. The number of thiocarbonyl (C=S) groups is 1. The van der Waals surface area contributed by atoms with E-state index in [4.69, 9.17) is 29.6 Å². The molecule has 3 N–H and O–H groups in total. The molecule has 1 aromatic carbocycles. The zero-order valence-electron chi connectivity index (χ0n) is 10.1. The van der Waals surface area contributed by atoms with Crippen molar-refractivity contribution >= 4 is 40.4 Å². The van der Waals surface area contributed by atoms with Crippen molar-refractivity contribution in [2.24, 2.45) is 5.73 Å². The molecule has 1 amide bonds. The summed E-state index contributed by atoms with van der Waals surface area (Å²) in [6, 6.07) is 6.99. The fraction of sp³-hybridized carbons (Fsp3) is 0. The smallest absolute Gasteiger partial charge is 0.274 e. The largest absolute Gasteiger partial charge is 0.389 e. The van der Waals surface area contributed by atoms with Crippen LogP contribution in [0.2, 0.25) is 5.02 Å². The van der Waals surface area contributed by atoms with E-state index < -0.39 is 11.7 Å². The lowest BCUT2D eigenvalue weighted by molar-refractivity contribution is 0.102. The highest BCUT2D eigenvalue weighted by Crippen LogP contribution is 2.16. The molecule has 0 atom stereocenters. The fourth-order valence-corrected chi connectivity index (χ4v) is 1.77. The molecular formula is C13H9ClFN3OS. The maximum atomic E-state index is 13.4. The standard InChI is InChI=1S/C13H9ClFN3OS/c14-7-1-4-11(17-6-7)13(19)18-8-2-3-10(15)9(5-8)12(16)20/h1-6H,(H2,16,20)(H,18,19). The van der Waals surface area contributed by atoms with Crippen LogP contribution in [-0.2, 0) is 0 Å². The lowest BCUT2D eigenvalue weighted by Crippen LogP contribution is -2.16. The summed E-state index contributed by atoms with van der Waals surface area (Å²) in [6.07, 6.45) is 1.36. The molecule has 20 heavy (non-hydrogen) atoms. The molecule has 2 aromatic rings. The lowest BCUT2D eigenvalue weighted by atomic mass is 10.2. The quantitative estimate of drug-likeness (QED) is 0.856. The van der Waals surface area contributed by atoms with Gasteiger partial charge in [-0.2, -0.15) is 0 Å². The Kier molecular flexibility index (Phi) is 4.26. The molecule has 7 heteroatoms. The number of anilines is 1. The van der Waals surface area contributed by atoms with Gasteiger partial charge in [-0.3, -0.25) is 4.79 Å². The normalized spacial score (nSPS) is 10.1. The molecule has 2 rings (SSSR count). The molecule has 0 fully saturated rings. The number of rotatable bonds is 3. The van der Waals surface area contributed by atoms with Crippen LogP contribution in [0.15, 0.2) is 36.5 Å². The number of nitrogens with two attached hydrogens (primary N) is 1. The van der Waals surface area contributed by atoms with Crippen molar-refractivity contribution in [3.05, 3.63) is 58.6 Å². The van der Waals surface area contributed by atoms with Crippen LogP contribution >= 0.6 is 23.8 Å². The van der Waals surface area contributed by atoms with Gasteiger partial charge in [0.25, 0.3) is 5.91 Å². The molecule has 0 aliphatic rings. The Morgan fingerprint density at radius 3 is 2.70 bits per heavy atom. The van der Waals surface area contributed by atoms with E-state index in [2.05, 4.69) is 10.3 Å². The Morgan fingerprint density at radius 2 is 2.10 bits per heavy atom. The first-order valence-electron chi connectivity index (χ1n) is 5.49. The summed E-state index contributed by atoms with van der Waals surface area (Å²) in [5.41, 5.74) is 6.03. The number of amides is 1. The summed E-state index contributed by atoms with van der Waals surface area (Å²) in [5.74, 6) is -0.984. The number of carbonyl (C=O) groups is 1. The molecule has 0 bridgehead atoms. The molecule has 4 nitrogen and oxygen atoms in total. The van der Waals surface area contributed by atoms with E-state index >= 15 is 0 Å².